The van der Waals surface area contributed by atoms with Gasteiger partial charge in [0.05, 0.1) is 31.0 Å². The maximum absolute atomic E-state index is 12.6. The monoisotopic (exact) mass is 468 g/mol. The molecule has 4 rings (SSSR count). The fraction of sp³-hybridized carbons (Fsp3) is 0.179. The van der Waals surface area contributed by atoms with Crippen LogP contribution in [0.4, 0.5) is 0 Å². The zero-order valence-corrected chi connectivity index (χ0v) is 19.6. The van der Waals surface area contributed by atoms with Gasteiger partial charge in [0.1, 0.15) is 5.75 Å². The maximum atomic E-state index is 12.6. The molecule has 2 N–H and O–H groups in total. The Labute approximate surface area is 204 Å². The molecule has 3 aromatic carbocycles. The van der Waals surface area contributed by atoms with Gasteiger partial charge in [0.15, 0.2) is 0 Å². The molecule has 0 saturated carbocycles. The van der Waals surface area contributed by atoms with Crippen LogP contribution in [0.15, 0.2) is 91.1 Å². The average Bonchev–Trinajstić information content (AvgIpc) is 3.30. The predicted molar refractivity (Wildman–Crippen MR) is 135 cm³/mol. The molecule has 7 heteroatoms. The van der Waals surface area contributed by atoms with Gasteiger partial charge >= 0.3 is 0 Å². The summed E-state index contributed by atoms with van der Waals surface area (Å²) in [6.07, 6.45) is 1.95. The van der Waals surface area contributed by atoms with Gasteiger partial charge in [-0.1, -0.05) is 72.8 Å². The van der Waals surface area contributed by atoms with Gasteiger partial charge in [0.25, 0.3) is 5.91 Å². The Morgan fingerprint density at radius 3 is 2.31 bits per heavy atom. The summed E-state index contributed by atoms with van der Waals surface area (Å²) >= 11 is 0. The van der Waals surface area contributed by atoms with Crippen molar-refractivity contribution in [1.29, 1.82) is 0 Å². The molecule has 0 saturated heterocycles. The number of ether oxygens (including phenoxy) is 1. The van der Waals surface area contributed by atoms with Crippen molar-refractivity contribution in [2.24, 2.45) is 0 Å². The summed E-state index contributed by atoms with van der Waals surface area (Å²) in [6, 6.07) is 26.9. The van der Waals surface area contributed by atoms with E-state index < -0.39 is 0 Å². The number of rotatable bonds is 10. The lowest BCUT2D eigenvalue weighted by molar-refractivity contribution is -0.120. The lowest BCUT2D eigenvalue weighted by atomic mass is 10.1. The third kappa shape index (κ3) is 6.35. The van der Waals surface area contributed by atoms with Crippen LogP contribution in [0.2, 0.25) is 0 Å². The van der Waals surface area contributed by atoms with Crippen LogP contribution in [0.25, 0.3) is 11.3 Å². The summed E-state index contributed by atoms with van der Waals surface area (Å²) in [5.74, 6) is -0.154. The van der Waals surface area contributed by atoms with Crippen molar-refractivity contribution in [3.8, 4) is 17.0 Å². The topological polar surface area (TPSA) is 85.2 Å². The first-order valence-electron chi connectivity index (χ1n) is 11.6. The van der Waals surface area contributed by atoms with E-state index in [1.165, 1.54) is 0 Å². The van der Waals surface area contributed by atoms with E-state index in [0.29, 0.717) is 31.0 Å². The van der Waals surface area contributed by atoms with Crippen molar-refractivity contribution in [1.82, 2.24) is 20.4 Å². The van der Waals surface area contributed by atoms with Gasteiger partial charge in [-0.25, -0.2) is 0 Å². The highest BCUT2D eigenvalue weighted by atomic mass is 16.5. The maximum Gasteiger partial charge on any atom is 0.255 e. The Morgan fingerprint density at radius 2 is 1.57 bits per heavy atom. The predicted octanol–water partition coefficient (Wildman–Crippen LogP) is 4.04. The van der Waals surface area contributed by atoms with E-state index in [4.69, 9.17) is 9.84 Å². The van der Waals surface area contributed by atoms with Gasteiger partial charge in [-0.15, -0.1) is 0 Å². The number of nitrogens with zero attached hydrogens (tertiary/aromatic N) is 2. The van der Waals surface area contributed by atoms with Crippen LogP contribution >= 0.6 is 0 Å². The van der Waals surface area contributed by atoms with Crippen LogP contribution in [0.5, 0.6) is 5.75 Å². The average molecular weight is 469 g/mol. The van der Waals surface area contributed by atoms with Crippen molar-refractivity contribution >= 4 is 11.8 Å². The second kappa shape index (κ2) is 11.7. The number of nitrogens with one attached hydrogen (secondary N) is 2. The molecule has 35 heavy (non-hydrogen) atoms. The molecule has 0 aliphatic heterocycles. The lowest BCUT2D eigenvalue weighted by Crippen LogP contribution is -2.36. The zero-order chi connectivity index (χ0) is 24.5. The number of carbonyl (C=O) groups excluding carboxylic acids is 2. The van der Waals surface area contributed by atoms with Gasteiger partial charge in [-0.05, 0) is 24.6 Å². The minimum absolute atomic E-state index is 0.141. The number of para-hydroxylation sites is 1. The summed E-state index contributed by atoms with van der Waals surface area (Å²) < 4.78 is 7.38. The first-order chi connectivity index (χ1) is 17.1. The number of amides is 2. The second-order valence-electron chi connectivity index (χ2n) is 7.94. The summed E-state index contributed by atoms with van der Waals surface area (Å²) in [6.45, 7) is 3.09. The lowest BCUT2D eigenvalue weighted by Gasteiger charge is -2.10. The molecule has 0 unspecified atom stereocenters. The van der Waals surface area contributed by atoms with E-state index >= 15 is 0 Å². The molecule has 0 bridgehead atoms. The van der Waals surface area contributed by atoms with Crippen LogP contribution in [0.3, 0.4) is 0 Å². The normalized spacial score (nSPS) is 10.5. The number of hydrogen-bond acceptors (Lipinski definition) is 4. The highest BCUT2D eigenvalue weighted by Crippen LogP contribution is 2.22. The van der Waals surface area contributed by atoms with Crippen molar-refractivity contribution in [3.05, 3.63) is 108 Å². The molecule has 178 valence electrons. The van der Waals surface area contributed by atoms with Crippen molar-refractivity contribution in [2.75, 3.05) is 13.2 Å². The minimum atomic E-state index is -0.357. The molecule has 0 radical (unpaired) electrons. The molecule has 0 aliphatic rings. The fourth-order valence-electron chi connectivity index (χ4n) is 3.73. The number of aromatic nitrogens is 2. The molecule has 0 atom stereocenters. The Bertz CT molecular complexity index is 1270. The highest BCUT2D eigenvalue weighted by molar-refractivity contribution is 5.98. The summed E-state index contributed by atoms with van der Waals surface area (Å²) in [5, 5.41) is 10.3. The van der Waals surface area contributed by atoms with E-state index in [2.05, 4.69) is 22.8 Å². The van der Waals surface area contributed by atoms with E-state index in [1.54, 1.807) is 24.3 Å². The molecule has 2 amide bonds. The Morgan fingerprint density at radius 1 is 0.886 bits per heavy atom. The quantitative estimate of drug-likeness (QED) is 0.368. The molecule has 0 spiro atoms. The molecule has 7 nitrogen and oxygen atoms in total. The Kier molecular flexibility index (Phi) is 7.91. The van der Waals surface area contributed by atoms with E-state index in [9.17, 15) is 9.59 Å². The van der Waals surface area contributed by atoms with E-state index in [1.807, 2.05) is 66.3 Å². The molecule has 1 heterocycles. The van der Waals surface area contributed by atoms with Crippen molar-refractivity contribution in [2.45, 2.75) is 20.0 Å². The summed E-state index contributed by atoms with van der Waals surface area (Å²) in [7, 11) is 0. The van der Waals surface area contributed by atoms with Crippen LogP contribution < -0.4 is 15.4 Å². The van der Waals surface area contributed by atoms with Crippen molar-refractivity contribution < 1.29 is 14.3 Å². The minimum Gasteiger partial charge on any atom is -0.493 e. The first-order valence-corrected chi connectivity index (χ1v) is 11.6. The van der Waals surface area contributed by atoms with Gasteiger partial charge < -0.3 is 15.4 Å². The third-order valence-electron chi connectivity index (χ3n) is 5.39. The smallest absolute Gasteiger partial charge is 0.255 e. The number of hydrogen-bond donors (Lipinski definition) is 2. The molecular formula is C28H28N4O3. The second-order valence-corrected chi connectivity index (χ2v) is 7.94. The third-order valence-corrected chi connectivity index (χ3v) is 5.39. The van der Waals surface area contributed by atoms with E-state index in [-0.39, 0.29) is 18.4 Å². The largest absolute Gasteiger partial charge is 0.493 e. The van der Waals surface area contributed by atoms with Crippen LogP contribution in [-0.4, -0.2) is 34.7 Å². The van der Waals surface area contributed by atoms with Gasteiger partial charge in [0.2, 0.25) is 5.91 Å². The van der Waals surface area contributed by atoms with Gasteiger partial charge in [-0.3, -0.25) is 14.3 Å². The molecular weight excluding hydrogens is 440 g/mol. The molecule has 4 aromatic rings. The molecule has 1 aromatic heterocycles. The summed E-state index contributed by atoms with van der Waals surface area (Å²) in [4.78, 5) is 25.1. The Hall–Kier alpha value is -4.39. The zero-order valence-electron chi connectivity index (χ0n) is 19.6. The fourth-order valence-corrected chi connectivity index (χ4v) is 3.73. The standard InChI is InChI=1S/C28H28N4O3/c1-2-35-25-16-10-9-15-24(25)28(34)30-18-26(33)29-17-23-20-32(19-21-11-5-3-6-12-21)31-27(23)22-13-7-4-8-14-22/h3-16,20H,2,17-19H2,1H3,(H,29,33)(H,30,34). The number of carbonyl (C=O) groups is 2. The van der Waals surface area contributed by atoms with Crippen molar-refractivity contribution in [3.63, 3.8) is 0 Å². The molecule has 0 aliphatic carbocycles. The summed E-state index contributed by atoms with van der Waals surface area (Å²) in [5.41, 5.74) is 4.23. The van der Waals surface area contributed by atoms with Gasteiger partial charge in [0, 0.05) is 23.9 Å². The number of benzene rings is 3. The Balaban J connectivity index is 1.41. The van der Waals surface area contributed by atoms with Crippen LogP contribution in [0, 0.1) is 0 Å². The van der Waals surface area contributed by atoms with Crippen LogP contribution in [0.1, 0.15) is 28.4 Å². The highest BCUT2D eigenvalue weighted by Gasteiger charge is 2.15. The van der Waals surface area contributed by atoms with Gasteiger partial charge in [-0.2, -0.15) is 5.10 Å². The van der Waals surface area contributed by atoms with Crippen LogP contribution in [-0.2, 0) is 17.9 Å². The van der Waals surface area contributed by atoms with E-state index in [0.717, 1.165) is 22.4 Å². The first kappa shape index (κ1) is 23.8. The molecule has 0 fully saturated rings. The SMILES string of the molecule is CCOc1ccccc1C(=O)NCC(=O)NCc1cn(Cc2ccccc2)nc1-c1ccccc1.